The normalized spacial score (nSPS) is 18.1. The molecule has 0 bridgehead atoms. The highest BCUT2D eigenvalue weighted by molar-refractivity contribution is 9.10. The maximum Gasteiger partial charge on any atom is 0.266 e. The van der Waals surface area contributed by atoms with Crippen molar-refractivity contribution in [2.45, 2.75) is 0 Å². The van der Waals surface area contributed by atoms with Crippen LogP contribution in [0.3, 0.4) is 0 Å². The number of nitrogens with zero attached hydrogens (tertiary/aromatic N) is 3. The summed E-state index contributed by atoms with van der Waals surface area (Å²) in [6.07, 6.45) is 1.82. The van der Waals surface area contributed by atoms with Gasteiger partial charge in [0.05, 0.1) is 48.5 Å². The Kier molecular flexibility index (Phi) is 9.62. The van der Waals surface area contributed by atoms with E-state index in [1.807, 2.05) is 42.5 Å². The van der Waals surface area contributed by atoms with E-state index < -0.39 is 0 Å². The third-order valence-electron chi connectivity index (χ3n) is 5.67. The molecule has 0 aliphatic carbocycles. The zero-order chi connectivity index (χ0) is 26.2. The summed E-state index contributed by atoms with van der Waals surface area (Å²) in [6, 6.07) is 12.8. The van der Waals surface area contributed by atoms with Crippen LogP contribution in [0.15, 0.2) is 56.8 Å². The van der Waals surface area contributed by atoms with Crippen molar-refractivity contribution in [3.05, 3.63) is 57.4 Å². The summed E-state index contributed by atoms with van der Waals surface area (Å²) in [5, 5.41) is 0.583. The minimum atomic E-state index is -0.137. The molecule has 11 heteroatoms. The van der Waals surface area contributed by atoms with E-state index in [9.17, 15) is 9.59 Å². The minimum absolute atomic E-state index is 0.0486. The number of hydrogen-bond acceptors (Lipinski definition) is 8. The highest BCUT2D eigenvalue weighted by atomic mass is 79.9. The van der Waals surface area contributed by atoms with Crippen molar-refractivity contribution < 1.29 is 28.5 Å². The molecule has 2 aromatic rings. The zero-order valence-electron chi connectivity index (χ0n) is 20.6. The molecule has 37 heavy (non-hydrogen) atoms. The number of benzene rings is 2. The van der Waals surface area contributed by atoms with Crippen LogP contribution in [0.1, 0.15) is 5.56 Å². The molecule has 2 saturated heterocycles. The van der Waals surface area contributed by atoms with Crippen LogP contribution in [0.25, 0.3) is 6.08 Å². The standard InChI is InChI=1S/C26H28BrN3O6S/c1-33-12-11-30-25(32)23(37-26(30)28-19-4-6-20(34-2)7-5-19)16-18-3-8-22(21(27)15-18)36-17-24(31)29-9-13-35-14-10-29/h3-8,15-16H,9-14,17H2,1-2H3/b23-16-,28-26?. The number of ether oxygens (including phenoxy) is 4. The molecule has 2 heterocycles. The highest BCUT2D eigenvalue weighted by Crippen LogP contribution is 2.35. The maximum atomic E-state index is 13.2. The number of morpholine rings is 1. The summed E-state index contributed by atoms with van der Waals surface area (Å²) in [6.45, 7) is 2.98. The smallest absolute Gasteiger partial charge is 0.266 e. The molecule has 0 unspecified atom stereocenters. The van der Waals surface area contributed by atoms with Crippen molar-refractivity contribution >= 4 is 56.4 Å². The lowest BCUT2D eigenvalue weighted by molar-refractivity contribution is -0.137. The quantitative estimate of drug-likeness (QED) is 0.409. The van der Waals surface area contributed by atoms with Crippen LogP contribution in [-0.2, 0) is 19.1 Å². The Hall–Kier alpha value is -2.86. The first-order valence-electron chi connectivity index (χ1n) is 11.7. The van der Waals surface area contributed by atoms with E-state index >= 15 is 0 Å². The van der Waals surface area contributed by atoms with Crippen molar-refractivity contribution in [2.24, 2.45) is 4.99 Å². The average Bonchev–Trinajstić information content (AvgIpc) is 3.20. The van der Waals surface area contributed by atoms with Gasteiger partial charge in [0.1, 0.15) is 11.5 Å². The Balaban J connectivity index is 1.47. The van der Waals surface area contributed by atoms with Crippen molar-refractivity contribution in [1.82, 2.24) is 9.80 Å². The third-order valence-corrected chi connectivity index (χ3v) is 7.30. The second-order valence-electron chi connectivity index (χ2n) is 8.12. The second-order valence-corrected chi connectivity index (χ2v) is 9.99. The number of methoxy groups -OCH3 is 2. The SMILES string of the molecule is COCCN1C(=O)/C(=C/c2ccc(OCC(=O)N3CCOCC3)c(Br)c2)SC1=Nc1ccc(OC)cc1. The van der Waals surface area contributed by atoms with E-state index in [4.69, 9.17) is 18.9 Å². The molecule has 9 nitrogen and oxygen atoms in total. The lowest BCUT2D eigenvalue weighted by atomic mass is 10.2. The number of amides is 2. The van der Waals surface area contributed by atoms with Gasteiger partial charge in [-0.25, -0.2) is 4.99 Å². The largest absolute Gasteiger partial charge is 0.497 e. The second kappa shape index (κ2) is 13.1. The average molecular weight is 590 g/mol. The summed E-state index contributed by atoms with van der Waals surface area (Å²) < 4.78 is 22.1. The van der Waals surface area contributed by atoms with Crippen molar-refractivity contribution in [2.75, 3.05) is 60.3 Å². The first-order chi connectivity index (χ1) is 18.0. The number of rotatable bonds is 9. The molecule has 0 spiro atoms. The Labute approximate surface area is 228 Å². The first-order valence-corrected chi connectivity index (χ1v) is 13.3. The predicted octanol–water partition coefficient (Wildman–Crippen LogP) is 3.95. The number of carbonyl (C=O) groups is 2. The summed E-state index contributed by atoms with van der Waals surface area (Å²) in [4.78, 5) is 34.1. The van der Waals surface area contributed by atoms with Gasteiger partial charge < -0.3 is 23.8 Å². The Morgan fingerprint density at radius 1 is 1.16 bits per heavy atom. The van der Waals surface area contributed by atoms with Crippen molar-refractivity contribution in [3.63, 3.8) is 0 Å². The van der Waals surface area contributed by atoms with Gasteiger partial charge in [-0.05, 0) is 75.7 Å². The summed E-state index contributed by atoms with van der Waals surface area (Å²) in [7, 11) is 3.21. The van der Waals surface area contributed by atoms with Crippen molar-refractivity contribution in [1.29, 1.82) is 0 Å². The van der Waals surface area contributed by atoms with Crippen molar-refractivity contribution in [3.8, 4) is 11.5 Å². The Morgan fingerprint density at radius 2 is 1.92 bits per heavy atom. The summed E-state index contributed by atoms with van der Waals surface area (Å²) >= 11 is 4.83. The van der Waals surface area contributed by atoms with Crippen LogP contribution < -0.4 is 9.47 Å². The summed E-state index contributed by atoms with van der Waals surface area (Å²) in [5.74, 6) is 1.08. The topological polar surface area (TPSA) is 89.9 Å². The van der Waals surface area contributed by atoms with Gasteiger partial charge in [0.2, 0.25) is 0 Å². The fourth-order valence-corrected chi connectivity index (χ4v) is 5.19. The molecular formula is C26H28BrN3O6S. The van der Waals surface area contributed by atoms with E-state index in [0.717, 1.165) is 17.0 Å². The number of halogens is 1. The third kappa shape index (κ3) is 7.13. The lowest BCUT2D eigenvalue weighted by Crippen LogP contribution is -2.43. The van der Waals surface area contributed by atoms with Crippen LogP contribution in [0.5, 0.6) is 11.5 Å². The van der Waals surface area contributed by atoms with Crippen LogP contribution >= 0.6 is 27.7 Å². The molecule has 2 fully saturated rings. The molecule has 0 aromatic heterocycles. The molecule has 2 aliphatic heterocycles. The molecule has 196 valence electrons. The van der Waals surface area contributed by atoms with Gasteiger partial charge in [0.15, 0.2) is 11.8 Å². The number of amidine groups is 1. The van der Waals surface area contributed by atoms with Gasteiger partial charge in [-0.3, -0.25) is 14.5 Å². The van der Waals surface area contributed by atoms with Gasteiger partial charge in [0.25, 0.3) is 11.8 Å². The summed E-state index contributed by atoms with van der Waals surface area (Å²) in [5.41, 5.74) is 1.53. The molecule has 2 aliphatic rings. The first kappa shape index (κ1) is 27.2. The van der Waals surface area contributed by atoms with Gasteiger partial charge in [-0.2, -0.15) is 0 Å². The Bertz CT molecular complexity index is 1180. The van der Waals surface area contributed by atoms with Crippen LogP contribution in [0, 0.1) is 0 Å². The zero-order valence-corrected chi connectivity index (χ0v) is 23.0. The predicted molar refractivity (Wildman–Crippen MR) is 146 cm³/mol. The molecule has 2 amide bonds. The molecule has 0 radical (unpaired) electrons. The number of aliphatic imine (C=N–C) groups is 1. The van der Waals surface area contributed by atoms with Crippen LogP contribution in [-0.4, -0.2) is 87.1 Å². The minimum Gasteiger partial charge on any atom is -0.497 e. The lowest BCUT2D eigenvalue weighted by Gasteiger charge is -2.26. The molecule has 2 aromatic carbocycles. The molecule has 0 atom stereocenters. The van der Waals surface area contributed by atoms with Gasteiger partial charge in [-0.1, -0.05) is 6.07 Å². The van der Waals surface area contributed by atoms with E-state index in [0.29, 0.717) is 59.7 Å². The fraction of sp³-hybridized carbons (Fsp3) is 0.346. The van der Waals surface area contributed by atoms with E-state index in [1.165, 1.54) is 11.8 Å². The molecular weight excluding hydrogens is 562 g/mol. The molecule has 0 N–H and O–H groups in total. The highest BCUT2D eigenvalue weighted by Gasteiger charge is 2.33. The number of thioether (sulfide) groups is 1. The van der Waals surface area contributed by atoms with Crippen LogP contribution in [0.2, 0.25) is 0 Å². The molecule has 4 rings (SSSR count). The molecule has 0 saturated carbocycles. The van der Waals surface area contributed by atoms with E-state index in [1.54, 1.807) is 30.1 Å². The van der Waals surface area contributed by atoms with Gasteiger partial charge in [-0.15, -0.1) is 0 Å². The van der Waals surface area contributed by atoms with E-state index in [-0.39, 0.29) is 18.4 Å². The maximum absolute atomic E-state index is 13.2. The van der Waals surface area contributed by atoms with Crippen LogP contribution in [0.4, 0.5) is 5.69 Å². The monoisotopic (exact) mass is 589 g/mol. The van der Waals surface area contributed by atoms with Gasteiger partial charge in [0, 0.05) is 20.2 Å². The van der Waals surface area contributed by atoms with E-state index in [2.05, 4.69) is 20.9 Å². The fourth-order valence-electron chi connectivity index (χ4n) is 3.66. The Morgan fingerprint density at radius 3 is 2.59 bits per heavy atom. The number of carbonyl (C=O) groups excluding carboxylic acids is 2. The number of hydrogen-bond donors (Lipinski definition) is 0. The van der Waals surface area contributed by atoms with Gasteiger partial charge >= 0.3 is 0 Å².